The summed E-state index contributed by atoms with van der Waals surface area (Å²) in [4.78, 5) is 12.6. The third kappa shape index (κ3) is 3.63. The summed E-state index contributed by atoms with van der Waals surface area (Å²) in [5.41, 5.74) is 0.627. The Morgan fingerprint density at radius 2 is 1.73 bits per heavy atom. The highest BCUT2D eigenvalue weighted by Crippen LogP contribution is 2.38. The van der Waals surface area contributed by atoms with Crippen LogP contribution in [0.2, 0.25) is 0 Å². The zero-order valence-corrected chi connectivity index (χ0v) is 17.0. The molecule has 26 heavy (non-hydrogen) atoms. The molecule has 136 valence electrons. The summed E-state index contributed by atoms with van der Waals surface area (Å²) in [6.07, 6.45) is 0. The van der Waals surface area contributed by atoms with Crippen LogP contribution in [0.3, 0.4) is 0 Å². The van der Waals surface area contributed by atoms with Gasteiger partial charge in [0.2, 0.25) is 0 Å². The topological polar surface area (TPSA) is 114 Å². The summed E-state index contributed by atoms with van der Waals surface area (Å²) in [6, 6.07) is 6.93. The van der Waals surface area contributed by atoms with E-state index in [0.29, 0.717) is 20.1 Å². The Morgan fingerprint density at radius 1 is 1.12 bits per heavy atom. The van der Waals surface area contributed by atoms with Crippen molar-refractivity contribution in [3.8, 4) is 22.8 Å². The van der Waals surface area contributed by atoms with Crippen LogP contribution >= 0.6 is 31.9 Å². The lowest BCUT2D eigenvalue weighted by Crippen LogP contribution is -2.09. The average Bonchev–Trinajstić information content (AvgIpc) is 2.54. The van der Waals surface area contributed by atoms with Gasteiger partial charge in [-0.25, -0.2) is 0 Å². The molecule has 0 spiro atoms. The third-order valence-electron chi connectivity index (χ3n) is 3.57. The van der Waals surface area contributed by atoms with Crippen LogP contribution in [0.15, 0.2) is 48.5 Å². The molecular weight excluding hydrogens is 496 g/mol. The molecule has 1 aromatic heterocycles. The van der Waals surface area contributed by atoms with Gasteiger partial charge in [0.1, 0.15) is 22.8 Å². The maximum absolute atomic E-state index is 12.6. The maximum atomic E-state index is 12.6. The first-order chi connectivity index (χ1) is 12.1. The lowest BCUT2D eigenvalue weighted by Gasteiger charge is -2.10. The molecule has 0 bridgehead atoms. The Morgan fingerprint density at radius 3 is 2.31 bits per heavy atom. The number of hydrogen-bond acceptors (Lipinski definition) is 6. The Kier molecular flexibility index (Phi) is 4.86. The van der Waals surface area contributed by atoms with E-state index in [0.717, 1.165) is 0 Å². The van der Waals surface area contributed by atoms with Gasteiger partial charge in [-0.1, -0.05) is 0 Å². The van der Waals surface area contributed by atoms with E-state index in [1.807, 2.05) is 0 Å². The zero-order chi connectivity index (χ0) is 19.2. The SMILES string of the molecule is Cc1c(-c2cc(Br)c(O)c(Br)c2)oc2cc(OS(=O)(=O)O)ccc2c1=O. The van der Waals surface area contributed by atoms with Crippen LogP contribution < -0.4 is 9.61 Å². The van der Waals surface area contributed by atoms with Crippen LogP contribution in [0.4, 0.5) is 0 Å². The normalized spacial score (nSPS) is 11.7. The van der Waals surface area contributed by atoms with Gasteiger partial charge < -0.3 is 13.7 Å². The van der Waals surface area contributed by atoms with Gasteiger partial charge in [-0.3, -0.25) is 9.35 Å². The Bertz CT molecular complexity index is 1180. The van der Waals surface area contributed by atoms with E-state index in [4.69, 9.17) is 8.97 Å². The predicted molar refractivity (Wildman–Crippen MR) is 102 cm³/mol. The Balaban J connectivity index is 2.26. The molecule has 10 heteroatoms. The van der Waals surface area contributed by atoms with Crippen molar-refractivity contribution >= 4 is 53.2 Å². The molecule has 0 saturated carbocycles. The maximum Gasteiger partial charge on any atom is 0.446 e. The fraction of sp³-hybridized carbons (Fsp3) is 0.0625. The van der Waals surface area contributed by atoms with Crippen molar-refractivity contribution in [2.24, 2.45) is 0 Å². The monoisotopic (exact) mass is 504 g/mol. The van der Waals surface area contributed by atoms with Gasteiger partial charge in [0.15, 0.2) is 5.43 Å². The molecule has 2 aromatic carbocycles. The molecule has 0 radical (unpaired) electrons. The minimum absolute atomic E-state index is 0.00150. The first-order valence-electron chi connectivity index (χ1n) is 6.99. The molecule has 0 atom stereocenters. The molecule has 0 aliphatic rings. The summed E-state index contributed by atoms with van der Waals surface area (Å²) in [7, 11) is -4.70. The summed E-state index contributed by atoms with van der Waals surface area (Å²) in [5.74, 6) is 0.0392. The number of hydrogen-bond donors (Lipinski definition) is 2. The van der Waals surface area contributed by atoms with E-state index >= 15 is 0 Å². The van der Waals surface area contributed by atoms with Crippen molar-refractivity contribution in [1.82, 2.24) is 0 Å². The largest absolute Gasteiger partial charge is 0.506 e. The van der Waals surface area contributed by atoms with Gasteiger partial charge in [-0.05, 0) is 63.0 Å². The summed E-state index contributed by atoms with van der Waals surface area (Å²) in [5, 5.41) is 10.1. The van der Waals surface area contributed by atoms with E-state index < -0.39 is 10.4 Å². The molecule has 0 unspecified atom stereocenters. The highest BCUT2D eigenvalue weighted by molar-refractivity contribution is 9.11. The number of rotatable bonds is 3. The number of phenols is 1. The molecule has 2 N–H and O–H groups in total. The highest BCUT2D eigenvalue weighted by Gasteiger charge is 2.17. The van der Waals surface area contributed by atoms with Gasteiger partial charge in [-0.15, -0.1) is 0 Å². The van der Waals surface area contributed by atoms with E-state index in [1.54, 1.807) is 19.1 Å². The van der Waals surface area contributed by atoms with E-state index in [-0.39, 0.29) is 33.7 Å². The first-order valence-corrected chi connectivity index (χ1v) is 9.94. The minimum atomic E-state index is -4.70. The molecule has 7 nitrogen and oxygen atoms in total. The standard InChI is InChI=1S/C16H10Br2O7S/c1-7-14(19)10-3-2-9(25-26(21,22)23)6-13(10)24-16(7)8-4-11(17)15(20)12(18)5-8/h2-6,20H,1H3,(H,21,22,23). The quantitative estimate of drug-likeness (QED) is 0.513. The second kappa shape index (κ2) is 6.69. The highest BCUT2D eigenvalue weighted by atomic mass is 79.9. The van der Waals surface area contributed by atoms with Gasteiger partial charge in [0.05, 0.1) is 14.3 Å². The predicted octanol–water partition coefficient (Wildman–Crippen LogP) is 4.18. The van der Waals surface area contributed by atoms with Crippen LogP contribution in [0.5, 0.6) is 11.5 Å². The van der Waals surface area contributed by atoms with Crippen LogP contribution in [0.1, 0.15) is 5.56 Å². The summed E-state index contributed by atoms with van der Waals surface area (Å²) in [6.45, 7) is 1.60. The minimum Gasteiger partial charge on any atom is -0.506 e. The molecule has 0 fully saturated rings. The molecule has 0 aliphatic heterocycles. The van der Waals surface area contributed by atoms with Crippen molar-refractivity contribution in [3.05, 3.63) is 55.1 Å². The van der Waals surface area contributed by atoms with Crippen LogP contribution in [0, 0.1) is 6.92 Å². The number of fused-ring (bicyclic) bond motifs is 1. The molecule has 3 rings (SSSR count). The number of phenolic OH excluding ortho intramolecular Hbond substituents is 1. The van der Waals surface area contributed by atoms with Gasteiger partial charge in [0, 0.05) is 17.2 Å². The lowest BCUT2D eigenvalue weighted by molar-refractivity contribution is 0.387. The van der Waals surface area contributed by atoms with Gasteiger partial charge in [0.25, 0.3) is 0 Å². The zero-order valence-electron chi connectivity index (χ0n) is 13.0. The van der Waals surface area contributed by atoms with Crippen molar-refractivity contribution in [1.29, 1.82) is 0 Å². The third-order valence-corrected chi connectivity index (χ3v) is 5.18. The Labute approximate surface area is 164 Å². The second-order valence-electron chi connectivity index (χ2n) is 5.34. The number of aromatic hydroxyl groups is 1. The van der Waals surface area contributed by atoms with Crippen molar-refractivity contribution < 1.29 is 26.7 Å². The van der Waals surface area contributed by atoms with Crippen molar-refractivity contribution in [2.45, 2.75) is 6.92 Å². The summed E-state index contributed by atoms with van der Waals surface area (Å²) >= 11 is 6.43. The smallest absolute Gasteiger partial charge is 0.446 e. The van der Waals surface area contributed by atoms with E-state index in [2.05, 4.69) is 36.0 Å². The number of benzene rings is 2. The van der Waals surface area contributed by atoms with E-state index in [1.165, 1.54) is 18.2 Å². The second-order valence-corrected chi connectivity index (χ2v) is 8.07. The fourth-order valence-corrected chi connectivity index (χ4v) is 3.95. The first kappa shape index (κ1) is 18.9. The van der Waals surface area contributed by atoms with E-state index in [9.17, 15) is 18.3 Å². The average molecular weight is 506 g/mol. The molecule has 0 amide bonds. The summed E-state index contributed by atoms with van der Waals surface area (Å²) < 4.78 is 41.5. The van der Waals surface area contributed by atoms with Gasteiger partial charge >= 0.3 is 10.4 Å². The van der Waals surface area contributed by atoms with Crippen LogP contribution in [-0.4, -0.2) is 18.1 Å². The fourth-order valence-electron chi connectivity index (χ4n) is 2.41. The van der Waals surface area contributed by atoms with Crippen molar-refractivity contribution in [3.63, 3.8) is 0 Å². The molecule has 0 aliphatic carbocycles. The Hall–Kier alpha value is -1.88. The van der Waals surface area contributed by atoms with Crippen LogP contribution in [-0.2, 0) is 10.4 Å². The van der Waals surface area contributed by atoms with Gasteiger partial charge in [-0.2, -0.15) is 8.42 Å². The molecule has 1 heterocycles. The molecule has 3 aromatic rings. The van der Waals surface area contributed by atoms with Crippen molar-refractivity contribution in [2.75, 3.05) is 0 Å². The lowest BCUT2D eigenvalue weighted by atomic mass is 10.1. The van der Waals surface area contributed by atoms with Crippen LogP contribution in [0.25, 0.3) is 22.3 Å². The number of halogens is 2. The molecule has 0 saturated heterocycles. The molecular formula is C16H10Br2O7S.